The minimum atomic E-state index is -0.273. The Morgan fingerprint density at radius 3 is 2.31 bits per heavy atom. The van der Waals surface area contributed by atoms with E-state index in [1.54, 1.807) is 12.1 Å². The van der Waals surface area contributed by atoms with Crippen LogP contribution in [-0.2, 0) is 0 Å². The van der Waals surface area contributed by atoms with Crippen molar-refractivity contribution in [2.75, 3.05) is 0 Å². The highest BCUT2D eigenvalue weighted by atomic mass is 79.9. The maximum Gasteiger partial charge on any atom is 0.140 e. The number of rotatable bonds is 1. The molecule has 0 amide bonds. The van der Waals surface area contributed by atoms with E-state index in [0.29, 0.717) is 10.6 Å². The number of phenolic OH excluding ortho intramolecular Hbond substituents is 1. The van der Waals surface area contributed by atoms with Gasteiger partial charge in [0.05, 0.1) is 5.02 Å². The van der Waals surface area contributed by atoms with E-state index in [9.17, 15) is 5.11 Å². The number of hydrogen-bond acceptors (Lipinski definition) is 2. The Balaban J connectivity index is 0.00000225. The SMILES string of the molecule is CC(C)(C)[C@@H](N)c1c(Br)ccc(Cl)c1O.Cl. The lowest BCUT2D eigenvalue weighted by Crippen LogP contribution is -2.26. The summed E-state index contributed by atoms with van der Waals surface area (Å²) in [5.74, 6) is 0.0634. The summed E-state index contributed by atoms with van der Waals surface area (Å²) in [6.45, 7) is 6.05. The van der Waals surface area contributed by atoms with Crippen molar-refractivity contribution in [1.29, 1.82) is 0 Å². The fourth-order valence-electron chi connectivity index (χ4n) is 1.29. The van der Waals surface area contributed by atoms with Gasteiger partial charge in [-0.25, -0.2) is 0 Å². The zero-order valence-corrected chi connectivity index (χ0v) is 12.6. The van der Waals surface area contributed by atoms with Gasteiger partial charge < -0.3 is 10.8 Å². The molecule has 0 radical (unpaired) electrons. The number of nitrogens with two attached hydrogens (primary N) is 1. The Morgan fingerprint density at radius 2 is 1.88 bits per heavy atom. The Kier molecular flexibility index (Phi) is 5.60. The van der Waals surface area contributed by atoms with Gasteiger partial charge in [0, 0.05) is 16.1 Å². The molecule has 0 heterocycles. The first kappa shape index (κ1) is 16.0. The molecule has 0 bridgehead atoms. The normalized spacial score (nSPS) is 13.1. The Bertz CT molecular complexity index is 377. The predicted molar refractivity (Wildman–Crippen MR) is 74.4 cm³/mol. The van der Waals surface area contributed by atoms with E-state index in [4.69, 9.17) is 17.3 Å². The van der Waals surface area contributed by atoms with Crippen LogP contribution in [-0.4, -0.2) is 5.11 Å². The van der Waals surface area contributed by atoms with E-state index in [1.807, 2.05) is 20.8 Å². The van der Waals surface area contributed by atoms with Crippen LogP contribution in [0.3, 0.4) is 0 Å². The smallest absolute Gasteiger partial charge is 0.140 e. The minimum Gasteiger partial charge on any atom is -0.506 e. The molecule has 1 atom stereocenters. The van der Waals surface area contributed by atoms with Crippen molar-refractivity contribution in [2.45, 2.75) is 26.8 Å². The van der Waals surface area contributed by atoms with Gasteiger partial charge in [-0.2, -0.15) is 0 Å². The molecule has 3 N–H and O–H groups in total. The van der Waals surface area contributed by atoms with E-state index in [0.717, 1.165) is 4.47 Å². The van der Waals surface area contributed by atoms with Crippen molar-refractivity contribution in [3.8, 4) is 5.75 Å². The highest BCUT2D eigenvalue weighted by molar-refractivity contribution is 9.10. The van der Waals surface area contributed by atoms with E-state index in [1.165, 1.54) is 0 Å². The number of hydrogen-bond donors (Lipinski definition) is 2. The van der Waals surface area contributed by atoms with Crippen molar-refractivity contribution in [2.24, 2.45) is 11.1 Å². The standard InChI is InChI=1S/C11H15BrClNO.ClH/c1-11(2,3)10(14)8-6(12)4-5-7(13)9(8)15;/h4-5,10,15H,14H2,1-3H3;1H/t10-;/m0./s1. The van der Waals surface area contributed by atoms with Gasteiger partial charge in [-0.1, -0.05) is 48.3 Å². The molecular formula is C11H16BrCl2NO. The van der Waals surface area contributed by atoms with Crippen LogP contribution < -0.4 is 5.73 Å². The summed E-state index contributed by atoms with van der Waals surface area (Å²) in [5.41, 5.74) is 6.62. The zero-order chi connectivity index (χ0) is 11.8. The number of phenols is 1. The van der Waals surface area contributed by atoms with E-state index in [2.05, 4.69) is 15.9 Å². The highest BCUT2D eigenvalue weighted by Crippen LogP contribution is 2.42. The Hall–Kier alpha value is 0.0400. The van der Waals surface area contributed by atoms with Crippen molar-refractivity contribution in [1.82, 2.24) is 0 Å². The molecule has 0 aliphatic carbocycles. The average Bonchev–Trinajstić information content (AvgIpc) is 2.10. The first-order valence-corrected chi connectivity index (χ1v) is 5.84. The van der Waals surface area contributed by atoms with Gasteiger partial charge in [-0.3, -0.25) is 0 Å². The summed E-state index contributed by atoms with van der Waals surface area (Å²) >= 11 is 9.23. The molecule has 0 aliphatic heterocycles. The zero-order valence-electron chi connectivity index (χ0n) is 9.42. The third kappa shape index (κ3) is 3.27. The molecule has 0 saturated carbocycles. The second kappa shape index (κ2) is 5.58. The van der Waals surface area contributed by atoms with Gasteiger partial charge in [0.15, 0.2) is 0 Å². The molecule has 0 spiro atoms. The van der Waals surface area contributed by atoms with E-state index >= 15 is 0 Å². The number of aromatic hydroxyl groups is 1. The van der Waals surface area contributed by atoms with Gasteiger partial charge in [-0.05, 0) is 17.5 Å². The fourth-order valence-corrected chi connectivity index (χ4v) is 2.02. The highest BCUT2D eigenvalue weighted by Gasteiger charge is 2.27. The van der Waals surface area contributed by atoms with Crippen molar-refractivity contribution in [3.05, 3.63) is 27.2 Å². The largest absolute Gasteiger partial charge is 0.506 e. The average molecular weight is 329 g/mol. The molecule has 1 rings (SSSR count). The van der Waals surface area contributed by atoms with Crippen LogP contribution in [0.4, 0.5) is 0 Å². The molecule has 0 saturated heterocycles. The van der Waals surface area contributed by atoms with E-state index in [-0.39, 0.29) is 29.6 Å². The Morgan fingerprint density at radius 1 is 1.38 bits per heavy atom. The Labute approximate surface area is 116 Å². The summed E-state index contributed by atoms with van der Waals surface area (Å²) in [4.78, 5) is 0. The molecule has 5 heteroatoms. The molecule has 16 heavy (non-hydrogen) atoms. The summed E-state index contributed by atoms with van der Waals surface area (Å²) in [6, 6.07) is 3.16. The van der Waals surface area contributed by atoms with Crippen LogP contribution in [0.1, 0.15) is 32.4 Å². The summed E-state index contributed by atoms with van der Waals surface area (Å²) in [5, 5.41) is 10.2. The lowest BCUT2D eigenvalue weighted by atomic mass is 9.83. The van der Waals surface area contributed by atoms with Crippen molar-refractivity contribution >= 4 is 39.9 Å². The molecule has 0 fully saturated rings. The summed E-state index contributed by atoms with van der Waals surface area (Å²) in [6.07, 6.45) is 0. The monoisotopic (exact) mass is 327 g/mol. The van der Waals surface area contributed by atoms with Gasteiger partial charge in [-0.15, -0.1) is 12.4 Å². The number of halogens is 3. The van der Waals surface area contributed by atoms with Crippen LogP contribution in [0.2, 0.25) is 5.02 Å². The van der Waals surface area contributed by atoms with Crippen LogP contribution in [0.5, 0.6) is 5.75 Å². The second-order valence-electron chi connectivity index (χ2n) is 4.64. The quantitative estimate of drug-likeness (QED) is 0.808. The number of benzene rings is 1. The molecule has 0 unspecified atom stereocenters. The summed E-state index contributed by atoms with van der Waals surface area (Å²) in [7, 11) is 0. The molecule has 0 aliphatic rings. The first-order chi connectivity index (χ1) is 6.75. The third-order valence-electron chi connectivity index (χ3n) is 2.36. The van der Waals surface area contributed by atoms with Gasteiger partial charge >= 0.3 is 0 Å². The van der Waals surface area contributed by atoms with Crippen LogP contribution in [0, 0.1) is 5.41 Å². The predicted octanol–water partition coefficient (Wildman–Crippen LogP) is 4.28. The first-order valence-electron chi connectivity index (χ1n) is 4.67. The van der Waals surface area contributed by atoms with E-state index < -0.39 is 0 Å². The van der Waals surface area contributed by atoms with Crippen LogP contribution in [0.25, 0.3) is 0 Å². The van der Waals surface area contributed by atoms with Gasteiger partial charge in [0.1, 0.15) is 5.75 Å². The van der Waals surface area contributed by atoms with Crippen LogP contribution in [0.15, 0.2) is 16.6 Å². The fraction of sp³-hybridized carbons (Fsp3) is 0.455. The van der Waals surface area contributed by atoms with Crippen molar-refractivity contribution < 1.29 is 5.11 Å². The van der Waals surface area contributed by atoms with Gasteiger partial charge in [0.25, 0.3) is 0 Å². The molecule has 1 aromatic carbocycles. The van der Waals surface area contributed by atoms with Crippen LogP contribution >= 0.6 is 39.9 Å². The lowest BCUT2D eigenvalue weighted by Gasteiger charge is -2.29. The second-order valence-corrected chi connectivity index (χ2v) is 5.90. The topological polar surface area (TPSA) is 46.2 Å². The lowest BCUT2D eigenvalue weighted by molar-refractivity contribution is 0.317. The molecular weight excluding hydrogens is 313 g/mol. The minimum absolute atomic E-state index is 0. The summed E-state index contributed by atoms with van der Waals surface area (Å²) < 4.78 is 0.784. The maximum atomic E-state index is 9.87. The maximum absolute atomic E-state index is 9.87. The molecule has 0 aromatic heterocycles. The molecule has 1 aromatic rings. The third-order valence-corrected chi connectivity index (χ3v) is 3.36. The molecule has 2 nitrogen and oxygen atoms in total. The van der Waals surface area contributed by atoms with Gasteiger partial charge in [0.2, 0.25) is 0 Å². The van der Waals surface area contributed by atoms with Crippen molar-refractivity contribution in [3.63, 3.8) is 0 Å². The molecule has 92 valence electrons.